The first-order valence-electron chi connectivity index (χ1n) is 4.71. The van der Waals surface area contributed by atoms with Gasteiger partial charge in [-0.25, -0.2) is 9.97 Å². The van der Waals surface area contributed by atoms with Crippen LogP contribution in [0.2, 0.25) is 0 Å². The summed E-state index contributed by atoms with van der Waals surface area (Å²) >= 11 is 0. The van der Waals surface area contributed by atoms with Gasteiger partial charge < -0.3 is 10.6 Å². The van der Waals surface area contributed by atoms with Crippen molar-refractivity contribution in [3.63, 3.8) is 0 Å². The lowest BCUT2D eigenvalue weighted by Crippen LogP contribution is -2.05. The minimum atomic E-state index is 0.643. The Balaban J connectivity index is 2.02. The second-order valence-corrected chi connectivity index (χ2v) is 3.24. The molecule has 1 heterocycles. The maximum atomic E-state index is 4.14. The van der Waals surface area contributed by atoms with Crippen LogP contribution in [0.25, 0.3) is 0 Å². The highest BCUT2D eigenvalue weighted by Gasteiger charge is 2.21. The van der Waals surface area contributed by atoms with Gasteiger partial charge in [0.25, 0.3) is 0 Å². The molecule has 0 amide bonds. The van der Waals surface area contributed by atoms with Crippen LogP contribution in [-0.4, -0.2) is 22.6 Å². The highest BCUT2D eigenvalue weighted by molar-refractivity contribution is 5.47. The minimum Gasteiger partial charge on any atom is -0.370 e. The number of anilines is 2. The first-order valence-corrected chi connectivity index (χ1v) is 4.71. The molecule has 1 fully saturated rings. The van der Waals surface area contributed by atoms with E-state index in [0.29, 0.717) is 6.04 Å². The van der Waals surface area contributed by atoms with Gasteiger partial charge in [0.05, 0.1) is 0 Å². The van der Waals surface area contributed by atoms with Crippen LogP contribution in [-0.2, 0) is 0 Å². The van der Waals surface area contributed by atoms with Crippen molar-refractivity contribution in [1.82, 2.24) is 9.97 Å². The summed E-state index contributed by atoms with van der Waals surface area (Å²) in [5.74, 6) is 1.81. The molecule has 0 radical (unpaired) electrons. The molecular formula is C9H14N4. The van der Waals surface area contributed by atoms with Crippen LogP contribution < -0.4 is 10.6 Å². The third kappa shape index (κ3) is 2.31. The number of hydrogen-bond acceptors (Lipinski definition) is 4. The molecule has 1 aliphatic carbocycles. The maximum absolute atomic E-state index is 4.14. The second kappa shape index (κ2) is 3.60. The molecule has 0 unspecified atom stereocenters. The molecule has 2 rings (SSSR count). The van der Waals surface area contributed by atoms with E-state index in [9.17, 15) is 0 Å². The second-order valence-electron chi connectivity index (χ2n) is 3.24. The fourth-order valence-corrected chi connectivity index (χ4v) is 1.15. The number of rotatable bonds is 4. The summed E-state index contributed by atoms with van der Waals surface area (Å²) in [6, 6.07) is 2.59. The van der Waals surface area contributed by atoms with Gasteiger partial charge in [-0.2, -0.15) is 0 Å². The Bertz CT molecular complexity index is 283. The lowest BCUT2D eigenvalue weighted by molar-refractivity contribution is 1.07. The van der Waals surface area contributed by atoms with E-state index in [1.54, 1.807) is 6.33 Å². The van der Waals surface area contributed by atoms with Crippen molar-refractivity contribution in [2.24, 2.45) is 0 Å². The Morgan fingerprint density at radius 2 is 2.15 bits per heavy atom. The molecule has 0 aromatic carbocycles. The molecule has 1 aliphatic rings. The van der Waals surface area contributed by atoms with E-state index in [0.717, 1.165) is 18.2 Å². The standard InChI is InChI=1S/C9H14N4/c1-2-10-8-5-9(12-6-11-8)13-7-3-4-7/h5-7H,2-4H2,1H3,(H2,10,11,12,13). The highest BCUT2D eigenvalue weighted by Crippen LogP contribution is 2.23. The summed E-state index contributed by atoms with van der Waals surface area (Å²) in [5.41, 5.74) is 0. The van der Waals surface area contributed by atoms with E-state index >= 15 is 0 Å². The smallest absolute Gasteiger partial charge is 0.131 e. The fraction of sp³-hybridized carbons (Fsp3) is 0.556. The average molecular weight is 178 g/mol. The van der Waals surface area contributed by atoms with Crippen molar-refractivity contribution in [2.75, 3.05) is 17.2 Å². The summed E-state index contributed by atoms with van der Waals surface area (Å²) in [5, 5.41) is 6.47. The summed E-state index contributed by atoms with van der Waals surface area (Å²) in [6.45, 7) is 2.94. The molecule has 1 aromatic heterocycles. The molecule has 0 aliphatic heterocycles. The number of nitrogens with zero attached hydrogens (tertiary/aromatic N) is 2. The van der Waals surface area contributed by atoms with Gasteiger partial charge in [0.15, 0.2) is 0 Å². The van der Waals surface area contributed by atoms with Crippen LogP contribution in [0.15, 0.2) is 12.4 Å². The number of nitrogens with one attached hydrogen (secondary N) is 2. The number of aromatic nitrogens is 2. The van der Waals surface area contributed by atoms with Crippen molar-refractivity contribution in [3.8, 4) is 0 Å². The number of hydrogen-bond donors (Lipinski definition) is 2. The SMILES string of the molecule is CCNc1cc(NC2CC2)ncn1. The monoisotopic (exact) mass is 178 g/mol. The summed E-state index contributed by atoms with van der Waals surface area (Å²) < 4.78 is 0. The average Bonchev–Trinajstić information content (AvgIpc) is 2.90. The zero-order valence-electron chi connectivity index (χ0n) is 7.75. The molecule has 0 bridgehead atoms. The van der Waals surface area contributed by atoms with E-state index in [4.69, 9.17) is 0 Å². The molecule has 13 heavy (non-hydrogen) atoms. The van der Waals surface area contributed by atoms with Crippen LogP contribution in [0.3, 0.4) is 0 Å². The molecule has 0 spiro atoms. The van der Waals surface area contributed by atoms with Gasteiger partial charge in [0.1, 0.15) is 18.0 Å². The minimum absolute atomic E-state index is 0.643. The van der Waals surface area contributed by atoms with Gasteiger partial charge in [-0.05, 0) is 19.8 Å². The Hall–Kier alpha value is -1.32. The van der Waals surface area contributed by atoms with E-state index in [1.165, 1.54) is 12.8 Å². The molecule has 1 saturated carbocycles. The van der Waals surface area contributed by atoms with Crippen molar-refractivity contribution in [1.29, 1.82) is 0 Å². The van der Waals surface area contributed by atoms with Gasteiger partial charge in [-0.1, -0.05) is 0 Å². The molecule has 4 nitrogen and oxygen atoms in total. The van der Waals surface area contributed by atoms with Crippen molar-refractivity contribution >= 4 is 11.6 Å². The molecule has 4 heteroatoms. The molecule has 0 saturated heterocycles. The largest absolute Gasteiger partial charge is 0.370 e. The molecule has 1 aromatic rings. The lowest BCUT2D eigenvalue weighted by atomic mass is 10.5. The van der Waals surface area contributed by atoms with Crippen LogP contribution >= 0.6 is 0 Å². The van der Waals surface area contributed by atoms with Crippen LogP contribution in [0.4, 0.5) is 11.6 Å². The molecule has 2 N–H and O–H groups in total. The predicted molar refractivity (Wildman–Crippen MR) is 52.8 cm³/mol. The Morgan fingerprint density at radius 3 is 2.85 bits per heavy atom. The van der Waals surface area contributed by atoms with E-state index in [-0.39, 0.29) is 0 Å². The van der Waals surface area contributed by atoms with Crippen LogP contribution in [0.5, 0.6) is 0 Å². The van der Waals surface area contributed by atoms with Gasteiger partial charge in [-0.15, -0.1) is 0 Å². The topological polar surface area (TPSA) is 49.8 Å². The van der Waals surface area contributed by atoms with Crippen LogP contribution in [0.1, 0.15) is 19.8 Å². The zero-order valence-corrected chi connectivity index (χ0v) is 7.75. The predicted octanol–water partition coefficient (Wildman–Crippen LogP) is 1.48. The third-order valence-corrected chi connectivity index (χ3v) is 1.95. The van der Waals surface area contributed by atoms with Gasteiger partial charge in [-0.3, -0.25) is 0 Å². The lowest BCUT2D eigenvalue weighted by Gasteiger charge is -2.05. The quantitative estimate of drug-likeness (QED) is 0.733. The van der Waals surface area contributed by atoms with Crippen molar-refractivity contribution in [3.05, 3.63) is 12.4 Å². The Kier molecular flexibility index (Phi) is 2.29. The van der Waals surface area contributed by atoms with Gasteiger partial charge in [0.2, 0.25) is 0 Å². The molecule has 0 atom stereocenters. The van der Waals surface area contributed by atoms with Gasteiger partial charge in [0, 0.05) is 18.7 Å². The van der Waals surface area contributed by atoms with E-state index in [1.807, 2.05) is 6.07 Å². The summed E-state index contributed by atoms with van der Waals surface area (Å²) in [6.07, 6.45) is 4.11. The van der Waals surface area contributed by atoms with Crippen molar-refractivity contribution in [2.45, 2.75) is 25.8 Å². The summed E-state index contributed by atoms with van der Waals surface area (Å²) in [7, 11) is 0. The first kappa shape index (κ1) is 8.29. The Morgan fingerprint density at radius 1 is 1.38 bits per heavy atom. The highest BCUT2D eigenvalue weighted by atomic mass is 15.1. The molecular weight excluding hydrogens is 164 g/mol. The van der Waals surface area contributed by atoms with Crippen LogP contribution in [0, 0.1) is 0 Å². The summed E-state index contributed by atoms with van der Waals surface area (Å²) in [4.78, 5) is 8.23. The van der Waals surface area contributed by atoms with E-state index in [2.05, 4.69) is 27.5 Å². The fourth-order valence-electron chi connectivity index (χ4n) is 1.15. The Labute approximate surface area is 77.8 Å². The maximum Gasteiger partial charge on any atom is 0.131 e. The third-order valence-electron chi connectivity index (χ3n) is 1.95. The molecule has 70 valence electrons. The van der Waals surface area contributed by atoms with E-state index < -0.39 is 0 Å². The zero-order chi connectivity index (χ0) is 9.10. The normalized spacial score (nSPS) is 15.5. The van der Waals surface area contributed by atoms with Gasteiger partial charge >= 0.3 is 0 Å². The first-order chi connectivity index (χ1) is 6.38. The van der Waals surface area contributed by atoms with Crippen molar-refractivity contribution < 1.29 is 0 Å².